The van der Waals surface area contributed by atoms with Gasteiger partial charge in [0.25, 0.3) is 0 Å². The summed E-state index contributed by atoms with van der Waals surface area (Å²) in [6.07, 6.45) is 6.56. The second-order valence-corrected chi connectivity index (χ2v) is 10.2. The zero-order valence-corrected chi connectivity index (χ0v) is 20.8. The summed E-state index contributed by atoms with van der Waals surface area (Å²) in [5.41, 5.74) is -0.104. The van der Waals surface area contributed by atoms with Crippen LogP contribution in [-0.2, 0) is 21.6 Å². The van der Waals surface area contributed by atoms with Crippen molar-refractivity contribution in [3.63, 3.8) is 0 Å². The summed E-state index contributed by atoms with van der Waals surface area (Å²) in [6.45, 7) is 0. The fourth-order valence-electron chi connectivity index (χ4n) is 1.01. The minimum Gasteiger partial charge on any atom is -0.478 e. The van der Waals surface area contributed by atoms with Crippen molar-refractivity contribution in [3.05, 3.63) is 29.0 Å². The first kappa shape index (κ1) is 26.6. The normalized spacial score (nSPS) is 9.75. The fourth-order valence-corrected chi connectivity index (χ4v) is 3.80. The van der Waals surface area contributed by atoms with Gasteiger partial charge in [-0.05, 0) is 63.7 Å². The highest BCUT2D eigenvalue weighted by Gasteiger charge is 2.26. The van der Waals surface area contributed by atoms with E-state index in [4.69, 9.17) is 10.2 Å². The van der Waals surface area contributed by atoms with E-state index in [9.17, 15) is 18.0 Å². The Balaban J connectivity index is 0. The van der Waals surface area contributed by atoms with Gasteiger partial charge in [-0.1, -0.05) is 0 Å². The summed E-state index contributed by atoms with van der Waals surface area (Å²) in [6, 6.07) is 0. The van der Waals surface area contributed by atoms with Gasteiger partial charge in [0.05, 0.1) is 11.1 Å². The molecule has 12 heteroatoms. The van der Waals surface area contributed by atoms with Gasteiger partial charge in [-0.2, -0.15) is 0 Å². The van der Waals surface area contributed by atoms with Crippen LogP contribution in [0.15, 0.2) is 17.9 Å². The molecule has 1 aromatic rings. The van der Waals surface area contributed by atoms with Crippen LogP contribution >= 0.6 is 63.7 Å². The number of hydrogen-bond acceptors (Lipinski definition) is 4. The van der Waals surface area contributed by atoms with E-state index in [2.05, 4.69) is 63.7 Å². The van der Waals surface area contributed by atoms with Crippen LogP contribution in [0.5, 0.6) is 0 Å². The summed E-state index contributed by atoms with van der Waals surface area (Å²) in [5.74, 6) is -2.34. The molecule has 0 fully saturated rings. The van der Waals surface area contributed by atoms with E-state index in [1.165, 1.54) is 0 Å². The lowest BCUT2D eigenvalue weighted by molar-refractivity contribution is 0.0677. The largest absolute Gasteiger partial charge is 0.478 e. The first-order chi connectivity index (χ1) is 10.7. The van der Waals surface area contributed by atoms with E-state index in [0.29, 0.717) is 0 Å². The van der Waals surface area contributed by atoms with Crippen LogP contribution < -0.4 is 0 Å². The number of rotatable bonds is 2. The molecule has 1 rings (SSSR count). The van der Waals surface area contributed by atoms with Crippen LogP contribution in [0.3, 0.4) is 0 Å². The molecule has 0 amide bonds. The van der Waals surface area contributed by atoms with E-state index < -0.39 is 33.5 Å². The van der Waals surface area contributed by atoms with Crippen molar-refractivity contribution in [2.45, 2.75) is 0 Å². The van der Waals surface area contributed by atoms with Gasteiger partial charge in [0.15, 0.2) is 0 Å². The number of benzene rings is 1. The van der Waals surface area contributed by atoms with Crippen LogP contribution in [0, 0.1) is 0 Å². The van der Waals surface area contributed by atoms with E-state index in [1.54, 1.807) is 25.0 Å². The van der Waals surface area contributed by atoms with Gasteiger partial charge in [-0.15, -0.1) is 0 Å². The van der Waals surface area contributed by atoms with Crippen LogP contribution in [0.2, 0.25) is 0 Å². The van der Waals surface area contributed by atoms with Crippen LogP contribution in [-0.4, -0.2) is 55.6 Å². The Labute approximate surface area is 178 Å². The lowest BCUT2D eigenvalue weighted by Gasteiger charge is -2.11. The predicted molar refractivity (Wildman–Crippen MR) is 111 cm³/mol. The van der Waals surface area contributed by atoms with Crippen LogP contribution in [0.4, 0.5) is 0 Å². The Morgan fingerprint density at radius 1 is 0.667 bits per heavy atom. The molecule has 0 unspecified atom stereocenters. The number of aromatic carboxylic acids is 2. The highest BCUT2D eigenvalue weighted by molar-refractivity contribution is 9.14. The Morgan fingerprint density at radius 3 is 0.875 bits per heavy atom. The minimum atomic E-state index is -1.17. The zero-order chi connectivity index (χ0) is 19.8. The third-order valence-electron chi connectivity index (χ3n) is 1.69. The second-order valence-electron chi connectivity index (χ2n) is 4.10. The van der Waals surface area contributed by atoms with Crippen molar-refractivity contribution < 1.29 is 28.2 Å². The molecule has 0 aliphatic heterocycles. The Kier molecular flexibility index (Phi) is 14.1. The third kappa shape index (κ3) is 9.76. The van der Waals surface area contributed by atoms with Gasteiger partial charge in [0, 0.05) is 64.5 Å². The van der Waals surface area contributed by atoms with Crippen molar-refractivity contribution in [2.24, 2.45) is 0 Å². The molecule has 138 valence electrons. The van der Waals surface area contributed by atoms with E-state index in [0.717, 1.165) is 0 Å². The highest BCUT2D eigenvalue weighted by Crippen LogP contribution is 2.41. The highest BCUT2D eigenvalue weighted by atomic mass is 79.9. The van der Waals surface area contributed by atoms with Gasteiger partial charge in [0.2, 0.25) is 0 Å². The maximum atomic E-state index is 11.0. The molecule has 0 saturated heterocycles. The topological polar surface area (TPSA) is 109 Å². The van der Waals surface area contributed by atoms with Gasteiger partial charge >= 0.3 is 11.9 Å². The van der Waals surface area contributed by atoms with Gasteiger partial charge in [-0.3, -0.25) is 8.42 Å². The lowest BCUT2D eigenvalue weighted by atomic mass is 10.1. The molecular formula is C12H14Br4O6S2. The number of halogens is 4. The van der Waals surface area contributed by atoms with Gasteiger partial charge < -0.3 is 10.2 Å². The first-order valence-corrected chi connectivity index (χ1v) is 12.7. The predicted octanol–water partition coefficient (Wildman–Crippen LogP) is 4.12. The fraction of sp³-hybridized carbons (Fsp3) is 0.333. The monoisotopic (exact) mass is 634 g/mol. The van der Waals surface area contributed by atoms with Crippen molar-refractivity contribution in [1.29, 1.82) is 0 Å². The number of hydrogen-bond donors (Lipinski definition) is 2. The molecule has 0 bridgehead atoms. The molecule has 1 aromatic carbocycles. The Bertz CT molecular complexity index is 584. The standard InChI is InChI=1S/C8H2Br4O4.2C2H6OS/c9-3-1(7(13)14)4(10)6(12)2(5(3)11)8(15)16;2*1-4(2)3/h(H,13,14)(H,15,16);2*1-2H3. The molecule has 0 radical (unpaired) electrons. The Hall–Kier alpha value is 0.380. The molecule has 24 heavy (non-hydrogen) atoms. The average Bonchev–Trinajstić information content (AvgIpc) is 2.34. The SMILES string of the molecule is CS(C)=O.CS(C)=O.O=C(O)c1c(Br)c(Br)c(C(=O)O)c(Br)c1Br. The summed E-state index contributed by atoms with van der Waals surface area (Å²) in [4.78, 5) is 22.0. The van der Waals surface area contributed by atoms with Crippen LogP contribution in [0.25, 0.3) is 0 Å². The molecule has 0 aliphatic rings. The van der Waals surface area contributed by atoms with E-state index >= 15 is 0 Å². The summed E-state index contributed by atoms with van der Waals surface area (Å²) in [7, 11) is -1.22. The molecule has 0 aromatic heterocycles. The molecular weight excluding hydrogens is 624 g/mol. The van der Waals surface area contributed by atoms with E-state index in [-0.39, 0.29) is 29.0 Å². The summed E-state index contributed by atoms with van der Waals surface area (Å²) < 4.78 is 19.8. The van der Waals surface area contributed by atoms with Crippen molar-refractivity contribution >= 4 is 97.3 Å². The van der Waals surface area contributed by atoms with E-state index in [1.807, 2.05) is 0 Å². The maximum absolute atomic E-state index is 11.0. The molecule has 0 heterocycles. The number of carboxylic acids is 2. The Morgan fingerprint density at radius 2 is 0.792 bits per heavy atom. The summed E-state index contributed by atoms with van der Waals surface area (Å²) in [5, 5.41) is 18.0. The number of carboxylic acid groups (broad SMARTS) is 2. The minimum absolute atomic E-state index is 0.0521. The molecule has 0 saturated carbocycles. The smallest absolute Gasteiger partial charge is 0.338 e. The van der Waals surface area contributed by atoms with Crippen molar-refractivity contribution in [3.8, 4) is 0 Å². The lowest BCUT2D eigenvalue weighted by Crippen LogP contribution is -2.07. The van der Waals surface area contributed by atoms with Crippen molar-refractivity contribution in [2.75, 3.05) is 25.0 Å². The first-order valence-electron chi connectivity index (χ1n) is 5.58. The second kappa shape index (κ2) is 12.7. The molecule has 6 nitrogen and oxygen atoms in total. The molecule has 2 N–H and O–H groups in total. The van der Waals surface area contributed by atoms with Gasteiger partial charge in [0.1, 0.15) is 0 Å². The maximum Gasteiger partial charge on any atom is 0.338 e. The van der Waals surface area contributed by atoms with Crippen LogP contribution in [0.1, 0.15) is 20.7 Å². The molecule has 0 aliphatic carbocycles. The van der Waals surface area contributed by atoms with Gasteiger partial charge in [-0.25, -0.2) is 9.59 Å². The van der Waals surface area contributed by atoms with Crippen molar-refractivity contribution in [1.82, 2.24) is 0 Å². The number of carbonyl (C=O) groups is 2. The average molecular weight is 638 g/mol. The third-order valence-corrected chi connectivity index (χ3v) is 5.93. The zero-order valence-electron chi connectivity index (χ0n) is 12.9. The molecule has 0 atom stereocenters. The quantitative estimate of drug-likeness (QED) is 0.473. The molecule has 0 spiro atoms. The summed E-state index contributed by atoms with van der Waals surface area (Å²) >= 11 is 12.2.